The zero-order valence-electron chi connectivity index (χ0n) is 19.2. The minimum atomic E-state index is -0.528. The molecule has 0 aliphatic rings. The molecule has 0 fully saturated rings. The molecule has 0 radical (unpaired) electrons. The zero-order chi connectivity index (χ0) is 22.8. The third-order valence-electron chi connectivity index (χ3n) is 5.74. The molecular formula is C26H35ClN2O2. The van der Waals surface area contributed by atoms with Crippen LogP contribution in [-0.4, -0.2) is 28.8 Å². The first-order valence-electron chi connectivity index (χ1n) is 11.3. The van der Waals surface area contributed by atoms with Gasteiger partial charge in [-0.25, -0.2) is 0 Å². The second kappa shape index (κ2) is 12.5. The predicted molar refractivity (Wildman–Crippen MR) is 128 cm³/mol. The van der Waals surface area contributed by atoms with Crippen molar-refractivity contribution >= 4 is 23.4 Å². The molecular weight excluding hydrogens is 408 g/mol. The fourth-order valence-corrected chi connectivity index (χ4v) is 3.70. The largest absolute Gasteiger partial charge is 0.352 e. The zero-order valence-corrected chi connectivity index (χ0v) is 19.9. The first-order valence-corrected chi connectivity index (χ1v) is 11.7. The van der Waals surface area contributed by atoms with Crippen molar-refractivity contribution in [2.24, 2.45) is 0 Å². The molecule has 0 saturated heterocycles. The highest BCUT2D eigenvalue weighted by Gasteiger charge is 2.29. The van der Waals surface area contributed by atoms with Crippen molar-refractivity contribution in [3.63, 3.8) is 0 Å². The Bertz CT molecular complexity index is 851. The summed E-state index contributed by atoms with van der Waals surface area (Å²) in [6.45, 7) is 8.39. The second-order valence-corrected chi connectivity index (χ2v) is 8.43. The van der Waals surface area contributed by atoms with Crippen molar-refractivity contribution in [1.29, 1.82) is 0 Å². The molecule has 2 aromatic rings. The molecule has 0 spiro atoms. The fraction of sp³-hybridized carbons (Fsp3) is 0.462. The lowest BCUT2D eigenvalue weighted by molar-refractivity contribution is -0.141. The summed E-state index contributed by atoms with van der Waals surface area (Å²) in [5, 5.41) is 3.64. The van der Waals surface area contributed by atoms with E-state index in [0.717, 1.165) is 24.0 Å². The van der Waals surface area contributed by atoms with Gasteiger partial charge in [-0.3, -0.25) is 9.59 Å². The molecule has 0 bridgehead atoms. The van der Waals surface area contributed by atoms with E-state index in [1.807, 2.05) is 45.0 Å². The summed E-state index contributed by atoms with van der Waals surface area (Å²) in [5.41, 5.74) is 3.25. The first-order chi connectivity index (χ1) is 14.9. The number of aryl methyl sites for hydroxylation is 2. The number of rotatable bonds is 11. The smallest absolute Gasteiger partial charge is 0.243 e. The van der Waals surface area contributed by atoms with Gasteiger partial charge in [0, 0.05) is 24.0 Å². The van der Waals surface area contributed by atoms with E-state index in [2.05, 4.69) is 36.5 Å². The molecule has 0 heterocycles. The molecule has 0 saturated carbocycles. The van der Waals surface area contributed by atoms with Crippen LogP contribution in [0.1, 0.15) is 63.6 Å². The highest BCUT2D eigenvalue weighted by molar-refractivity contribution is 6.31. The first kappa shape index (κ1) is 24.9. The molecule has 2 rings (SSSR count). The van der Waals surface area contributed by atoms with Gasteiger partial charge in [-0.05, 0) is 55.4 Å². The summed E-state index contributed by atoms with van der Waals surface area (Å²) in [7, 11) is 0. The van der Waals surface area contributed by atoms with Crippen LogP contribution in [0.2, 0.25) is 5.02 Å². The lowest BCUT2D eigenvalue weighted by Gasteiger charge is -2.31. The molecule has 4 nitrogen and oxygen atoms in total. The van der Waals surface area contributed by atoms with Crippen LogP contribution >= 0.6 is 11.6 Å². The highest BCUT2D eigenvalue weighted by atomic mass is 35.5. The number of carbonyl (C=O) groups is 2. The van der Waals surface area contributed by atoms with E-state index in [4.69, 9.17) is 11.6 Å². The van der Waals surface area contributed by atoms with E-state index in [0.29, 0.717) is 30.8 Å². The molecule has 5 heteroatoms. The Hall–Kier alpha value is -2.33. The normalized spacial score (nSPS) is 12.8. The third-order valence-corrected chi connectivity index (χ3v) is 6.11. The van der Waals surface area contributed by atoms with Gasteiger partial charge in [-0.1, -0.05) is 74.8 Å². The van der Waals surface area contributed by atoms with Crippen LogP contribution in [0.25, 0.3) is 0 Å². The van der Waals surface area contributed by atoms with Crippen molar-refractivity contribution in [3.05, 3.63) is 70.2 Å². The van der Waals surface area contributed by atoms with Gasteiger partial charge >= 0.3 is 0 Å². The summed E-state index contributed by atoms with van der Waals surface area (Å²) < 4.78 is 0. The number of hydrogen-bond acceptors (Lipinski definition) is 2. The Balaban J connectivity index is 2.20. The summed E-state index contributed by atoms with van der Waals surface area (Å²) >= 11 is 6.37. The van der Waals surface area contributed by atoms with Gasteiger partial charge in [0.2, 0.25) is 11.8 Å². The third kappa shape index (κ3) is 7.39. The Morgan fingerprint density at radius 1 is 0.968 bits per heavy atom. The number of halogens is 1. The van der Waals surface area contributed by atoms with E-state index in [1.165, 1.54) is 5.56 Å². The minimum Gasteiger partial charge on any atom is -0.352 e. The Morgan fingerprint density at radius 2 is 1.61 bits per heavy atom. The van der Waals surface area contributed by atoms with Crippen LogP contribution < -0.4 is 5.32 Å². The maximum Gasteiger partial charge on any atom is 0.243 e. The molecule has 0 aliphatic carbocycles. The summed E-state index contributed by atoms with van der Waals surface area (Å²) in [4.78, 5) is 28.0. The summed E-state index contributed by atoms with van der Waals surface area (Å²) in [5.74, 6) is -0.143. The lowest BCUT2D eigenvalue weighted by Crippen LogP contribution is -2.50. The van der Waals surface area contributed by atoms with Crippen LogP contribution in [0.5, 0.6) is 0 Å². The van der Waals surface area contributed by atoms with Crippen LogP contribution in [0.15, 0.2) is 48.5 Å². The Morgan fingerprint density at radius 3 is 2.19 bits per heavy atom. The van der Waals surface area contributed by atoms with E-state index >= 15 is 0 Å². The van der Waals surface area contributed by atoms with E-state index in [9.17, 15) is 9.59 Å². The van der Waals surface area contributed by atoms with Gasteiger partial charge in [0.15, 0.2) is 0 Å². The second-order valence-electron chi connectivity index (χ2n) is 8.03. The molecule has 31 heavy (non-hydrogen) atoms. The van der Waals surface area contributed by atoms with Crippen LogP contribution in [0, 0.1) is 0 Å². The fourth-order valence-electron chi connectivity index (χ4n) is 3.51. The van der Waals surface area contributed by atoms with E-state index in [1.54, 1.807) is 4.90 Å². The van der Waals surface area contributed by atoms with Gasteiger partial charge in [-0.15, -0.1) is 0 Å². The number of carbonyl (C=O) groups excluding carboxylic acids is 2. The number of nitrogens with one attached hydrogen (secondary N) is 1. The molecule has 0 aliphatic heterocycles. The number of amides is 2. The minimum absolute atomic E-state index is 0.0364. The molecule has 168 valence electrons. The van der Waals surface area contributed by atoms with E-state index < -0.39 is 6.04 Å². The number of hydrogen-bond donors (Lipinski definition) is 1. The Labute approximate surface area is 192 Å². The van der Waals surface area contributed by atoms with Crippen LogP contribution in [0.4, 0.5) is 0 Å². The standard InChI is InChI=1S/C26H35ClN2O2/c1-5-19(4)28-26(31)24(7-3)29(18-22-10-8-9-11-23(22)27)25(30)17-16-21-14-12-20(6-2)13-15-21/h8-15,19,24H,5-7,16-18H2,1-4H3,(H,28,31)/t19-,24+/m1/s1. The molecule has 0 aromatic heterocycles. The van der Waals surface area contributed by atoms with Gasteiger partial charge in [0.1, 0.15) is 6.04 Å². The van der Waals surface area contributed by atoms with Crippen molar-refractivity contribution in [2.75, 3.05) is 0 Å². The quantitative estimate of drug-likeness (QED) is 0.495. The van der Waals surface area contributed by atoms with Gasteiger partial charge < -0.3 is 10.2 Å². The monoisotopic (exact) mass is 442 g/mol. The molecule has 2 atom stereocenters. The SMILES string of the molecule is CCc1ccc(CCC(=O)N(Cc2ccccc2Cl)[C@@H](CC)C(=O)N[C@H](C)CC)cc1. The molecule has 2 aromatic carbocycles. The summed E-state index contributed by atoms with van der Waals surface area (Å²) in [6, 6.07) is 15.4. The van der Waals surface area contributed by atoms with Crippen molar-refractivity contribution in [2.45, 2.75) is 78.4 Å². The maximum atomic E-state index is 13.3. The molecule has 1 N–H and O–H groups in total. The van der Waals surface area contributed by atoms with Gasteiger partial charge in [-0.2, -0.15) is 0 Å². The average molecular weight is 443 g/mol. The molecule has 2 amide bonds. The maximum absolute atomic E-state index is 13.3. The van der Waals surface area contributed by atoms with Crippen molar-refractivity contribution in [1.82, 2.24) is 10.2 Å². The Kier molecular flexibility index (Phi) is 10.1. The average Bonchev–Trinajstić information content (AvgIpc) is 2.78. The lowest BCUT2D eigenvalue weighted by atomic mass is 10.0. The van der Waals surface area contributed by atoms with Crippen molar-refractivity contribution < 1.29 is 9.59 Å². The number of nitrogens with zero attached hydrogens (tertiary/aromatic N) is 1. The van der Waals surface area contributed by atoms with E-state index in [-0.39, 0.29) is 17.9 Å². The topological polar surface area (TPSA) is 49.4 Å². The predicted octanol–water partition coefficient (Wildman–Crippen LogP) is 5.56. The summed E-state index contributed by atoms with van der Waals surface area (Å²) in [6.07, 6.45) is 3.38. The number of benzene rings is 2. The van der Waals surface area contributed by atoms with Gasteiger partial charge in [0.05, 0.1) is 0 Å². The van der Waals surface area contributed by atoms with Crippen LogP contribution in [0.3, 0.4) is 0 Å². The molecule has 0 unspecified atom stereocenters. The van der Waals surface area contributed by atoms with Crippen LogP contribution in [-0.2, 0) is 29.0 Å². The van der Waals surface area contributed by atoms with Crippen molar-refractivity contribution in [3.8, 4) is 0 Å². The highest BCUT2D eigenvalue weighted by Crippen LogP contribution is 2.21. The van der Waals surface area contributed by atoms with Gasteiger partial charge in [0.25, 0.3) is 0 Å².